The molecule has 0 fully saturated rings. The van der Waals surface area contributed by atoms with Crippen LogP contribution >= 0.6 is 0 Å². The predicted molar refractivity (Wildman–Crippen MR) is 110 cm³/mol. The summed E-state index contributed by atoms with van der Waals surface area (Å²) in [5.74, 6) is 2.53. The van der Waals surface area contributed by atoms with Crippen molar-refractivity contribution in [3.8, 4) is 23.0 Å². The van der Waals surface area contributed by atoms with Crippen LogP contribution in [-0.4, -0.2) is 62.4 Å². The summed E-state index contributed by atoms with van der Waals surface area (Å²) in [5.41, 5.74) is 1.95. The standard InChI is InChI=1S/C21H27N3O5/c1-26-19-9-14(10-20(27-2)21(19)28-3)7-8-22-11-15(25)13-29-18-6-4-5-17-16(18)12-23-24-17/h4-6,9-10,12,15,22,25H,7-8,11,13H2,1-3H3,(H,23,24). The highest BCUT2D eigenvalue weighted by atomic mass is 16.5. The zero-order valence-corrected chi connectivity index (χ0v) is 16.9. The van der Waals surface area contributed by atoms with E-state index in [1.54, 1.807) is 27.5 Å². The minimum atomic E-state index is -0.628. The summed E-state index contributed by atoms with van der Waals surface area (Å²) in [7, 11) is 4.78. The Morgan fingerprint density at radius 3 is 2.52 bits per heavy atom. The van der Waals surface area contributed by atoms with Crippen molar-refractivity contribution in [2.24, 2.45) is 0 Å². The number of benzene rings is 2. The number of H-pyrrole nitrogens is 1. The molecule has 1 unspecified atom stereocenters. The van der Waals surface area contributed by atoms with Gasteiger partial charge in [-0.25, -0.2) is 0 Å². The Balaban J connectivity index is 1.46. The monoisotopic (exact) mass is 401 g/mol. The van der Waals surface area contributed by atoms with Crippen LogP contribution in [0.5, 0.6) is 23.0 Å². The van der Waals surface area contributed by atoms with Crippen LogP contribution in [0.4, 0.5) is 0 Å². The second-order valence-corrected chi connectivity index (χ2v) is 6.54. The summed E-state index contributed by atoms with van der Waals surface area (Å²) >= 11 is 0. The zero-order valence-electron chi connectivity index (χ0n) is 16.9. The molecule has 0 amide bonds. The number of nitrogens with zero attached hydrogens (tertiary/aromatic N) is 1. The van der Waals surface area contributed by atoms with E-state index in [1.165, 1.54) is 0 Å². The van der Waals surface area contributed by atoms with Crippen LogP contribution in [0, 0.1) is 0 Å². The number of fused-ring (bicyclic) bond motifs is 1. The van der Waals surface area contributed by atoms with Gasteiger partial charge in [0.15, 0.2) is 11.5 Å². The van der Waals surface area contributed by atoms with Crippen molar-refractivity contribution in [3.63, 3.8) is 0 Å². The van der Waals surface area contributed by atoms with Gasteiger partial charge in [-0.2, -0.15) is 5.10 Å². The third-order valence-corrected chi connectivity index (χ3v) is 4.57. The maximum Gasteiger partial charge on any atom is 0.203 e. The number of methoxy groups -OCH3 is 3. The third kappa shape index (κ3) is 5.10. The molecule has 1 heterocycles. The molecular weight excluding hydrogens is 374 g/mol. The zero-order chi connectivity index (χ0) is 20.6. The van der Waals surface area contributed by atoms with Crippen LogP contribution in [0.25, 0.3) is 10.9 Å². The van der Waals surface area contributed by atoms with Crippen LogP contribution < -0.4 is 24.3 Å². The Morgan fingerprint density at radius 1 is 1.07 bits per heavy atom. The molecule has 0 bridgehead atoms. The minimum absolute atomic E-state index is 0.196. The summed E-state index contributed by atoms with van der Waals surface area (Å²) in [6.45, 7) is 1.31. The van der Waals surface area contributed by atoms with Crippen LogP contribution in [0.2, 0.25) is 0 Å². The van der Waals surface area contributed by atoms with E-state index in [-0.39, 0.29) is 6.61 Å². The predicted octanol–water partition coefficient (Wildman–Crippen LogP) is 2.16. The fraction of sp³-hybridized carbons (Fsp3) is 0.381. The van der Waals surface area contributed by atoms with Gasteiger partial charge in [0.05, 0.1) is 38.4 Å². The van der Waals surface area contributed by atoms with E-state index in [4.69, 9.17) is 18.9 Å². The molecular formula is C21H27N3O5. The van der Waals surface area contributed by atoms with Gasteiger partial charge in [-0.3, -0.25) is 5.10 Å². The molecule has 0 saturated heterocycles. The molecule has 29 heavy (non-hydrogen) atoms. The van der Waals surface area contributed by atoms with E-state index in [9.17, 15) is 5.11 Å². The molecule has 0 saturated carbocycles. The highest BCUT2D eigenvalue weighted by Gasteiger charge is 2.13. The molecule has 0 aliphatic carbocycles. The number of aromatic nitrogens is 2. The fourth-order valence-corrected chi connectivity index (χ4v) is 3.09. The lowest BCUT2D eigenvalue weighted by Crippen LogP contribution is -2.32. The highest BCUT2D eigenvalue weighted by Crippen LogP contribution is 2.38. The summed E-state index contributed by atoms with van der Waals surface area (Å²) < 4.78 is 21.8. The van der Waals surface area contributed by atoms with Crippen molar-refractivity contribution < 1.29 is 24.1 Å². The second-order valence-electron chi connectivity index (χ2n) is 6.54. The fourth-order valence-electron chi connectivity index (χ4n) is 3.09. The SMILES string of the molecule is COc1cc(CCNCC(O)COc2cccc3[nH]ncc23)cc(OC)c1OC. The van der Waals surface area contributed by atoms with Gasteiger partial charge in [-0.05, 0) is 42.8 Å². The Bertz CT molecular complexity index is 903. The average Bonchev–Trinajstić information content (AvgIpc) is 3.23. The van der Waals surface area contributed by atoms with E-state index in [2.05, 4.69) is 15.5 Å². The molecule has 3 rings (SSSR count). The Kier molecular flexibility index (Phi) is 7.15. The van der Waals surface area contributed by atoms with Crippen LogP contribution in [0.3, 0.4) is 0 Å². The molecule has 0 aliphatic heterocycles. The summed E-state index contributed by atoms with van der Waals surface area (Å²) in [5, 5.41) is 21.2. The summed E-state index contributed by atoms with van der Waals surface area (Å²) in [6.07, 6.45) is 1.84. The maximum atomic E-state index is 10.2. The number of hydrogen-bond acceptors (Lipinski definition) is 7. The molecule has 8 nitrogen and oxygen atoms in total. The Hall–Kier alpha value is -2.97. The lowest BCUT2D eigenvalue weighted by molar-refractivity contribution is 0.107. The van der Waals surface area contributed by atoms with Gasteiger partial charge >= 0.3 is 0 Å². The molecule has 3 N–H and O–H groups in total. The van der Waals surface area contributed by atoms with Crippen LogP contribution in [-0.2, 0) is 6.42 Å². The first-order valence-electron chi connectivity index (χ1n) is 9.38. The van der Waals surface area contributed by atoms with Gasteiger partial charge in [-0.15, -0.1) is 0 Å². The normalized spacial score (nSPS) is 12.0. The third-order valence-electron chi connectivity index (χ3n) is 4.57. The molecule has 3 aromatic rings. The van der Waals surface area contributed by atoms with E-state index in [0.29, 0.717) is 36.1 Å². The second kappa shape index (κ2) is 9.99. The number of ether oxygens (including phenoxy) is 4. The van der Waals surface area contributed by atoms with Crippen molar-refractivity contribution in [2.75, 3.05) is 41.0 Å². The van der Waals surface area contributed by atoms with Gasteiger partial charge < -0.3 is 29.4 Å². The lowest BCUT2D eigenvalue weighted by atomic mass is 10.1. The van der Waals surface area contributed by atoms with Crippen molar-refractivity contribution >= 4 is 10.9 Å². The topological polar surface area (TPSA) is 97.9 Å². The van der Waals surface area contributed by atoms with E-state index in [1.807, 2.05) is 30.3 Å². The van der Waals surface area contributed by atoms with Gasteiger partial charge in [0.2, 0.25) is 5.75 Å². The van der Waals surface area contributed by atoms with Gasteiger partial charge in [0.25, 0.3) is 0 Å². The summed E-state index contributed by atoms with van der Waals surface area (Å²) in [4.78, 5) is 0. The number of rotatable bonds is 11. The first-order chi connectivity index (χ1) is 14.2. The number of nitrogens with one attached hydrogen (secondary N) is 2. The number of aliphatic hydroxyl groups is 1. The molecule has 8 heteroatoms. The van der Waals surface area contributed by atoms with Crippen molar-refractivity contribution in [1.29, 1.82) is 0 Å². The molecule has 2 aromatic carbocycles. The molecule has 1 atom stereocenters. The van der Waals surface area contributed by atoms with Crippen molar-refractivity contribution in [3.05, 3.63) is 42.1 Å². The van der Waals surface area contributed by atoms with Crippen molar-refractivity contribution in [2.45, 2.75) is 12.5 Å². The average molecular weight is 401 g/mol. The number of aliphatic hydroxyl groups excluding tert-OH is 1. The molecule has 156 valence electrons. The molecule has 0 radical (unpaired) electrons. The van der Waals surface area contributed by atoms with Gasteiger partial charge in [0.1, 0.15) is 18.5 Å². The van der Waals surface area contributed by atoms with E-state index in [0.717, 1.165) is 22.9 Å². The lowest BCUT2D eigenvalue weighted by Gasteiger charge is -2.15. The molecule has 0 aliphatic rings. The van der Waals surface area contributed by atoms with E-state index < -0.39 is 6.10 Å². The van der Waals surface area contributed by atoms with E-state index >= 15 is 0 Å². The summed E-state index contributed by atoms with van der Waals surface area (Å²) in [6, 6.07) is 9.53. The molecule has 0 spiro atoms. The number of aromatic amines is 1. The first-order valence-corrected chi connectivity index (χ1v) is 9.38. The smallest absolute Gasteiger partial charge is 0.203 e. The van der Waals surface area contributed by atoms with Crippen LogP contribution in [0.15, 0.2) is 36.5 Å². The number of hydrogen-bond donors (Lipinski definition) is 3. The van der Waals surface area contributed by atoms with Gasteiger partial charge in [-0.1, -0.05) is 6.07 Å². The van der Waals surface area contributed by atoms with Crippen LogP contribution in [0.1, 0.15) is 5.56 Å². The molecule has 1 aromatic heterocycles. The largest absolute Gasteiger partial charge is 0.493 e. The maximum absolute atomic E-state index is 10.2. The highest BCUT2D eigenvalue weighted by molar-refractivity contribution is 5.84. The first kappa shape index (κ1) is 20.8. The van der Waals surface area contributed by atoms with Crippen molar-refractivity contribution in [1.82, 2.24) is 15.5 Å². The quantitative estimate of drug-likeness (QED) is 0.424. The Morgan fingerprint density at radius 2 is 1.83 bits per heavy atom. The minimum Gasteiger partial charge on any atom is -0.493 e. The Labute approximate surface area is 169 Å². The van der Waals surface area contributed by atoms with Gasteiger partial charge in [0, 0.05) is 6.54 Å².